The minimum atomic E-state index is -0.190. The van der Waals surface area contributed by atoms with Gasteiger partial charge >= 0.3 is 0 Å². The highest BCUT2D eigenvalue weighted by molar-refractivity contribution is 6.49. The van der Waals surface area contributed by atoms with E-state index in [0.717, 1.165) is 0 Å². The average Bonchev–Trinajstić information content (AvgIpc) is 2.03. The van der Waals surface area contributed by atoms with Crippen molar-refractivity contribution in [1.82, 2.24) is 0 Å². The van der Waals surface area contributed by atoms with E-state index in [1.165, 1.54) is 0 Å². The molecule has 1 fully saturated rings. The largest absolute Gasteiger partial charge is 0.430 e. The SMILES string of the molecule is C[CH-]B1OC(C)(C)C(C)(C)O1. The maximum absolute atomic E-state index is 5.64. The molecule has 0 aromatic heterocycles. The normalized spacial score (nSPS) is 27.5. The van der Waals surface area contributed by atoms with Gasteiger partial charge in [0.05, 0.1) is 11.2 Å². The Morgan fingerprint density at radius 1 is 1.00 bits per heavy atom. The monoisotopic (exact) mass is 155 g/mol. The summed E-state index contributed by atoms with van der Waals surface area (Å²) in [4.78, 5) is 0. The van der Waals surface area contributed by atoms with Crippen molar-refractivity contribution in [3.8, 4) is 0 Å². The molecule has 1 aliphatic heterocycles. The first-order valence-corrected chi connectivity index (χ1v) is 4.04. The van der Waals surface area contributed by atoms with Crippen molar-refractivity contribution in [3.05, 3.63) is 6.32 Å². The second kappa shape index (κ2) is 2.49. The minimum Gasteiger partial charge on any atom is -0.430 e. The van der Waals surface area contributed by atoms with E-state index >= 15 is 0 Å². The Labute approximate surface area is 69.4 Å². The van der Waals surface area contributed by atoms with Gasteiger partial charge < -0.3 is 9.31 Å². The Morgan fingerprint density at radius 3 is 1.55 bits per heavy atom. The van der Waals surface area contributed by atoms with Crippen LogP contribution in [0.3, 0.4) is 0 Å². The van der Waals surface area contributed by atoms with Crippen LogP contribution in [0.15, 0.2) is 0 Å². The molecule has 1 rings (SSSR count). The first-order valence-electron chi connectivity index (χ1n) is 4.04. The van der Waals surface area contributed by atoms with Crippen molar-refractivity contribution in [3.63, 3.8) is 0 Å². The van der Waals surface area contributed by atoms with Crippen LogP contribution in [0.25, 0.3) is 0 Å². The third kappa shape index (κ3) is 1.45. The van der Waals surface area contributed by atoms with Crippen molar-refractivity contribution in [2.75, 3.05) is 0 Å². The van der Waals surface area contributed by atoms with Crippen LogP contribution < -0.4 is 0 Å². The van der Waals surface area contributed by atoms with Gasteiger partial charge in [-0.3, -0.25) is 6.32 Å². The average molecular weight is 155 g/mol. The fourth-order valence-electron chi connectivity index (χ4n) is 1.02. The molecule has 0 N–H and O–H groups in total. The summed E-state index contributed by atoms with van der Waals surface area (Å²) in [6.45, 7) is 10.2. The topological polar surface area (TPSA) is 18.5 Å². The van der Waals surface area contributed by atoms with Gasteiger partial charge in [0, 0.05) is 0 Å². The molecule has 0 aromatic carbocycles. The second-order valence-electron chi connectivity index (χ2n) is 3.96. The molecule has 0 atom stereocenters. The number of hydrogen-bond donors (Lipinski definition) is 0. The van der Waals surface area contributed by atoms with Crippen LogP contribution in [0.1, 0.15) is 34.6 Å². The molecule has 0 spiro atoms. The van der Waals surface area contributed by atoms with Crippen LogP contribution in [-0.4, -0.2) is 18.3 Å². The van der Waals surface area contributed by atoms with Gasteiger partial charge in [-0.25, -0.2) is 0 Å². The highest BCUT2D eigenvalue weighted by Crippen LogP contribution is 2.36. The maximum Gasteiger partial charge on any atom is 0.276 e. The quantitative estimate of drug-likeness (QED) is 0.424. The Kier molecular flexibility index (Phi) is 2.06. The Bertz CT molecular complexity index is 138. The molecular formula is C8H16BO2-. The number of rotatable bonds is 1. The highest BCUT2D eigenvalue weighted by atomic mass is 16.7. The molecule has 0 saturated carbocycles. The van der Waals surface area contributed by atoms with Crippen LogP contribution in [0.4, 0.5) is 0 Å². The standard InChI is InChI=1S/C8H16BO2/c1-6-9-10-7(2,3)8(4,5)11-9/h6H,1-5H3/q-1. The summed E-state index contributed by atoms with van der Waals surface area (Å²) in [7, 11) is -0.139. The zero-order chi connectivity index (χ0) is 8.70. The van der Waals surface area contributed by atoms with Crippen molar-refractivity contribution in [2.45, 2.75) is 45.8 Å². The van der Waals surface area contributed by atoms with E-state index in [1.54, 1.807) is 0 Å². The van der Waals surface area contributed by atoms with Crippen LogP contribution in [0.2, 0.25) is 0 Å². The summed E-state index contributed by atoms with van der Waals surface area (Å²) in [5.41, 5.74) is -0.381. The van der Waals surface area contributed by atoms with Gasteiger partial charge in [0.15, 0.2) is 0 Å². The maximum atomic E-state index is 5.64. The van der Waals surface area contributed by atoms with Gasteiger partial charge in [-0.15, -0.1) is 0 Å². The third-order valence-electron chi connectivity index (χ3n) is 2.54. The molecule has 64 valence electrons. The Hall–Kier alpha value is -0.0151. The summed E-state index contributed by atoms with van der Waals surface area (Å²) in [6.07, 6.45) is 1.93. The molecule has 1 heterocycles. The van der Waals surface area contributed by atoms with Crippen molar-refractivity contribution >= 4 is 7.12 Å². The molecule has 1 saturated heterocycles. The van der Waals surface area contributed by atoms with Crippen LogP contribution in [0, 0.1) is 6.32 Å². The van der Waals surface area contributed by atoms with E-state index < -0.39 is 0 Å². The second-order valence-corrected chi connectivity index (χ2v) is 3.96. The molecular weight excluding hydrogens is 139 g/mol. The predicted octanol–water partition coefficient (Wildman–Crippen LogP) is 1.84. The smallest absolute Gasteiger partial charge is 0.276 e. The van der Waals surface area contributed by atoms with Gasteiger partial charge in [0.2, 0.25) is 0 Å². The Morgan fingerprint density at radius 2 is 1.36 bits per heavy atom. The van der Waals surface area contributed by atoms with Crippen LogP contribution in [-0.2, 0) is 9.31 Å². The number of hydrogen-bond acceptors (Lipinski definition) is 2. The van der Waals surface area contributed by atoms with Crippen molar-refractivity contribution in [2.24, 2.45) is 0 Å². The van der Waals surface area contributed by atoms with Crippen molar-refractivity contribution in [1.29, 1.82) is 0 Å². The molecule has 0 bridgehead atoms. The van der Waals surface area contributed by atoms with E-state index in [-0.39, 0.29) is 18.3 Å². The molecule has 0 aromatic rings. The van der Waals surface area contributed by atoms with E-state index in [9.17, 15) is 0 Å². The molecule has 0 amide bonds. The lowest BCUT2D eigenvalue weighted by Gasteiger charge is -2.33. The summed E-state index contributed by atoms with van der Waals surface area (Å²) >= 11 is 0. The molecule has 11 heavy (non-hydrogen) atoms. The van der Waals surface area contributed by atoms with E-state index in [4.69, 9.17) is 9.31 Å². The molecule has 1 aliphatic rings. The zero-order valence-electron chi connectivity index (χ0n) is 7.97. The highest BCUT2D eigenvalue weighted by Gasteiger charge is 2.46. The van der Waals surface area contributed by atoms with Gasteiger partial charge in [-0.2, -0.15) is 6.92 Å². The molecule has 2 nitrogen and oxygen atoms in total. The molecule has 0 radical (unpaired) electrons. The first kappa shape index (κ1) is 9.08. The predicted molar refractivity (Wildman–Crippen MR) is 46.1 cm³/mol. The summed E-state index contributed by atoms with van der Waals surface area (Å²) in [5.74, 6) is 0. The zero-order valence-corrected chi connectivity index (χ0v) is 7.97. The minimum absolute atomic E-state index is 0.139. The lowest BCUT2D eigenvalue weighted by atomic mass is 9.87. The fourth-order valence-corrected chi connectivity index (χ4v) is 1.02. The van der Waals surface area contributed by atoms with Crippen LogP contribution in [0.5, 0.6) is 0 Å². The van der Waals surface area contributed by atoms with Crippen LogP contribution >= 0.6 is 0 Å². The van der Waals surface area contributed by atoms with Gasteiger partial charge in [-0.05, 0) is 27.7 Å². The summed E-state index contributed by atoms with van der Waals surface area (Å²) in [5, 5.41) is 0. The van der Waals surface area contributed by atoms with Crippen molar-refractivity contribution < 1.29 is 9.31 Å². The van der Waals surface area contributed by atoms with Gasteiger partial charge in [0.25, 0.3) is 7.12 Å². The Balaban J connectivity index is 2.72. The lowest BCUT2D eigenvalue weighted by Crippen LogP contribution is -2.41. The molecule has 0 unspecified atom stereocenters. The van der Waals surface area contributed by atoms with E-state index in [1.807, 2.05) is 13.2 Å². The molecule has 0 aliphatic carbocycles. The van der Waals surface area contributed by atoms with E-state index in [2.05, 4.69) is 27.7 Å². The third-order valence-corrected chi connectivity index (χ3v) is 2.54. The van der Waals surface area contributed by atoms with Gasteiger partial charge in [-0.1, -0.05) is 0 Å². The molecule has 3 heteroatoms. The van der Waals surface area contributed by atoms with E-state index in [0.29, 0.717) is 0 Å². The first-order chi connectivity index (χ1) is 4.89. The fraction of sp³-hybridized carbons (Fsp3) is 0.875. The summed E-state index contributed by atoms with van der Waals surface area (Å²) in [6, 6.07) is 0. The van der Waals surface area contributed by atoms with Gasteiger partial charge in [0.1, 0.15) is 0 Å². The summed E-state index contributed by atoms with van der Waals surface area (Å²) < 4.78 is 11.3. The lowest BCUT2D eigenvalue weighted by molar-refractivity contribution is 0.00578.